The molecule has 212 valence electrons. The number of carbonyl (C=O) groups excluding carboxylic acids is 2. The van der Waals surface area contributed by atoms with Gasteiger partial charge in [-0.2, -0.15) is 0 Å². The molecule has 1 saturated heterocycles. The van der Waals surface area contributed by atoms with Gasteiger partial charge < -0.3 is 14.9 Å². The summed E-state index contributed by atoms with van der Waals surface area (Å²) in [6.07, 6.45) is 7.87. The van der Waals surface area contributed by atoms with Crippen molar-refractivity contribution in [3.8, 4) is 0 Å². The molecular weight excluding hydrogens is 540 g/mol. The number of hydrogen-bond donors (Lipinski definition) is 1. The summed E-state index contributed by atoms with van der Waals surface area (Å²) >= 11 is 0. The molecule has 7 rings (SSSR count). The summed E-state index contributed by atoms with van der Waals surface area (Å²) < 4.78 is 0. The molecule has 3 aliphatic rings. The highest BCUT2D eigenvalue weighted by Crippen LogP contribution is 2.39. The van der Waals surface area contributed by atoms with Crippen LogP contribution in [0.2, 0.25) is 0 Å². The van der Waals surface area contributed by atoms with Gasteiger partial charge in [0.15, 0.2) is 0 Å². The van der Waals surface area contributed by atoms with Crippen LogP contribution in [-0.4, -0.2) is 58.6 Å². The van der Waals surface area contributed by atoms with Gasteiger partial charge >= 0.3 is 18.0 Å². The standard InChI is InChI=1S/C35H28N4O4/c40-33(41)32-23-36(34(42)38-28-13-5-1-9-24(28)17-18-25-10-2-6-14-29(25)38)21-22-37(32)35(43)39-30-15-7-3-11-26(30)19-20-27-12-4-8-16-31(27)39/h1-20,32H,21-23H2,(H,40,41)/t32-/m0/s1. The van der Waals surface area contributed by atoms with E-state index in [2.05, 4.69) is 0 Å². The van der Waals surface area contributed by atoms with Gasteiger partial charge in [-0.1, -0.05) is 97.1 Å². The zero-order chi connectivity index (χ0) is 29.5. The quantitative estimate of drug-likeness (QED) is 0.270. The second-order valence-electron chi connectivity index (χ2n) is 10.6. The number of anilines is 4. The molecule has 0 radical (unpaired) electrons. The second kappa shape index (κ2) is 10.6. The highest BCUT2D eigenvalue weighted by Gasteiger charge is 2.42. The van der Waals surface area contributed by atoms with Crippen molar-refractivity contribution in [3.63, 3.8) is 0 Å². The number of rotatable bonds is 1. The first kappa shape index (κ1) is 26.3. The Morgan fingerprint density at radius 3 is 1.30 bits per heavy atom. The summed E-state index contributed by atoms with van der Waals surface area (Å²) in [5.41, 5.74) is 6.21. The maximum Gasteiger partial charge on any atom is 0.330 e. The molecule has 0 spiro atoms. The van der Waals surface area contributed by atoms with Crippen LogP contribution in [0.25, 0.3) is 24.3 Å². The Kier molecular flexibility index (Phi) is 6.51. The van der Waals surface area contributed by atoms with Gasteiger partial charge in [-0.3, -0.25) is 9.80 Å². The van der Waals surface area contributed by atoms with Crippen molar-refractivity contribution < 1.29 is 19.5 Å². The molecule has 43 heavy (non-hydrogen) atoms. The van der Waals surface area contributed by atoms with E-state index in [1.54, 1.807) is 9.80 Å². The lowest BCUT2D eigenvalue weighted by Crippen LogP contribution is -2.62. The van der Waals surface area contributed by atoms with Gasteiger partial charge in [0.1, 0.15) is 6.04 Å². The number of fused-ring (bicyclic) bond motifs is 4. The maximum absolute atomic E-state index is 14.3. The van der Waals surface area contributed by atoms with Crippen LogP contribution in [0.1, 0.15) is 22.3 Å². The molecule has 4 amide bonds. The fourth-order valence-electron chi connectivity index (χ4n) is 6.03. The maximum atomic E-state index is 14.3. The SMILES string of the molecule is O=C(O)[C@@H]1CN(C(=O)N2c3ccccc3C=Cc3ccccc32)CCN1C(=O)N1c2ccccc2C=Cc2ccccc21. The number of hydrogen-bond acceptors (Lipinski definition) is 3. The van der Waals surface area contributed by atoms with E-state index < -0.39 is 18.0 Å². The molecule has 1 fully saturated rings. The second-order valence-corrected chi connectivity index (χ2v) is 10.6. The number of carboxylic acid groups (broad SMARTS) is 1. The Labute approximate surface area is 249 Å². The molecule has 0 unspecified atom stereocenters. The Hall–Kier alpha value is -5.63. The number of para-hydroxylation sites is 4. The van der Waals surface area contributed by atoms with Crippen LogP contribution in [0.4, 0.5) is 32.3 Å². The smallest absolute Gasteiger partial charge is 0.330 e. The summed E-state index contributed by atoms with van der Waals surface area (Å²) in [6, 6.07) is 28.3. The van der Waals surface area contributed by atoms with E-state index >= 15 is 0 Å². The average Bonchev–Trinajstić information content (AvgIpc) is 3.32. The third-order valence-corrected chi connectivity index (χ3v) is 8.16. The normalized spacial score (nSPS) is 16.8. The molecule has 4 aromatic carbocycles. The van der Waals surface area contributed by atoms with Gasteiger partial charge in [0.2, 0.25) is 0 Å². The predicted molar refractivity (Wildman–Crippen MR) is 168 cm³/mol. The summed E-state index contributed by atoms with van der Waals surface area (Å²) in [7, 11) is 0. The number of benzene rings is 4. The minimum atomic E-state index is -1.24. The van der Waals surface area contributed by atoms with Gasteiger partial charge in [0, 0.05) is 13.1 Å². The highest BCUT2D eigenvalue weighted by molar-refractivity contribution is 6.08. The molecule has 1 N–H and O–H groups in total. The van der Waals surface area contributed by atoms with E-state index in [-0.39, 0.29) is 25.7 Å². The third-order valence-electron chi connectivity index (χ3n) is 8.16. The van der Waals surface area contributed by atoms with Crippen molar-refractivity contribution in [2.24, 2.45) is 0 Å². The molecule has 0 aromatic heterocycles. The van der Waals surface area contributed by atoms with Crippen molar-refractivity contribution in [1.29, 1.82) is 0 Å². The molecule has 8 nitrogen and oxygen atoms in total. The minimum Gasteiger partial charge on any atom is -0.480 e. The van der Waals surface area contributed by atoms with Gasteiger partial charge in [0.25, 0.3) is 0 Å². The fourth-order valence-corrected chi connectivity index (χ4v) is 6.03. The molecule has 3 aliphatic heterocycles. The summed E-state index contributed by atoms with van der Waals surface area (Å²) in [5.74, 6) is -1.17. The fraction of sp³-hybridized carbons (Fsp3) is 0.114. The van der Waals surface area contributed by atoms with Crippen molar-refractivity contribution in [3.05, 3.63) is 119 Å². The topological polar surface area (TPSA) is 84.4 Å². The van der Waals surface area contributed by atoms with Gasteiger partial charge in [-0.05, 0) is 46.5 Å². The van der Waals surface area contributed by atoms with Gasteiger partial charge in [0.05, 0.1) is 29.3 Å². The molecule has 4 aromatic rings. The summed E-state index contributed by atoms with van der Waals surface area (Å²) in [5, 5.41) is 10.4. The van der Waals surface area contributed by atoms with Crippen molar-refractivity contribution in [2.45, 2.75) is 6.04 Å². The van der Waals surface area contributed by atoms with E-state index in [9.17, 15) is 19.5 Å². The van der Waals surface area contributed by atoms with Crippen LogP contribution in [0, 0.1) is 0 Å². The first-order chi connectivity index (χ1) is 21.0. The number of nitrogens with zero attached hydrogens (tertiary/aromatic N) is 4. The Bertz CT molecular complexity index is 1730. The number of amides is 4. The highest BCUT2D eigenvalue weighted by atomic mass is 16.4. The summed E-state index contributed by atoms with van der Waals surface area (Å²) in [6.45, 7) is 0.0900. The number of carbonyl (C=O) groups is 3. The van der Waals surface area contributed by atoms with Crippen molar-refractivity contribution in [1.82, 2.24) is 9.80 Å². The zero-order valence-electron chi connectivity index (χ0n) is 23.2. The van der Waals surface area contributed by atoms with Crippen LogP contribution < -0.4 is 9.80 Å². The monoisotopic (exact) mass is 568 g/mol. The third kappa shape index (κ3) is 4.53. The average molecular weight is 569 g/mol. The molecule has 3 heterocycles. The predicted octanol–water partition coefficient (Wildman–Crippen LogP) is 6.94. The molecule has 1 atom stereocenters. The molecular formula is C35H28N4O4. The van der Waals surface area contributed by atoms with Crippen molar-refractivity contribution >= 4 is 65.1 Å². The van der Waals surface area contributed by atoms with Crippen molar-refractivity contribution in [2.75, 3.05) is 29.4 Å². The molecule has 0 saturated carbocycles. The number of aliphatic carboxylic acids is 1. The van der Waals surface area contributed by atoms with Gasteiger partial charge in [-0.15, -0.1) is 0 Å². The Morgan fingerprint density at radius 2 is 0.907 bits per heavy atom. The van der Waals surface area contributed by atoms with E-state index in [4.69, 9.17) is 0 Å². The lowest BCUT2D eigenvalue weighted by molar-refractivity contribution is -0.143. The minimum absolute atomic E-state index is 0.0607. The van der Waals surface area contributed by atoms with Crippen LogP contribution in [-0.2, 0) is 4.79 Å². The Morgan fingerprint density at radius 1 is 0.535 bits per heavy atom. The molecule has 0 aliphatic carbocycles. The van der Waals surface area contributed by atoms with E-state index in [1.165, 1.54) is 9.80 Å². The van der Waals surface area contributed by atoms with E-state index in [1.807, 2.05) is 121 Å². The van der Waals surface area contributed by atoms with Gasteiger partial charge in [-0.25, -0.2) is 14.4 Å². The number of piperazine rings is 1. The summed E-state index contributed by atoms with van der Waals surface area (Å²) in [4.78, 5) is 47.5. The lowest BCUT2D eigenvalue weighted by atomic mass is 10.1. The lowest BCUT2D eigenvalue weighted by Gasteiger charge is -2.43. The van der Waals surface area contributed by atoms with E-state index in [0.29, 0.717) is 22.7 Å². The molecule has 0 bridgehead atoms. The zero-order valence-corrected chi connectivity index (χ0v) is 23.2. The van der Waals surface area contributed by atoms with Crippen LogP contribution in [0.5, 0.6) is 0 Å². The first-order valence-electron chi connectivity index (χ1n) is 14.2. The first-order valence-corrected chi connectivity index (χ1v) is 14.2. The Balaban J connectivity index is 1.22. The largest absolute Gasteiger partial charge is 0.480 e. The molecule has 8 heteroatoms. The van der Waals surface area contributed by atoms with E-state index in [0.717, 1.165) is 22.3 Å². The number of carboxylic acids is 1. The van der Waals surface area contributed by atoms with Crippen LogP contribution >= 0.6 is 0 Å². The van der Waals surface area contributed by atoms with Crippen LogP contribution in [0.3, 0.4) is 0 Å². The van der Waals surface area contributed by atoms with Crippen LogP contribution in [0.15, 0.2) is 97.1 Å². The number of urea groups is 2.